The largest absolute Gasteiger partial charge is 0.347 e. The lowest BCUT2D eigenvalue weighted by molar-refractivity contribution is 0.0955. The highest BCUT2D eigenvalue weighted by molar-refractivity contribution is 7.14. The van der Waals surface area contributed by atoms with E-state index in [0.717, 1.165) is 23.3 Å². The SMILES string of the molecule is O=C(NCc1cccnc1)c1cc2c(s1)CCCC2. The van der Waals surface area contributed by atoms with Crippen molar-refractivity contribution >= 4 is 17.2 Å². The van der Waals surface area contributed by atoms with Gasteiger partial charge in [-0.15, -0.1) is 11.3 Å². The normalized spacial score (nSPS) is 13.9. The third kappa shape index (κ3) is 2.84. The van der Waals surface area contributed by atoms with Gasteiger partial charge in [-0.2, -0.15) is 0 Å². The van der Waals surface area contributed by atoms with Crippen molar-refractivity contribution in [1.82, 2.24) is 10.3 Å². The number of aryl methyl sites for hydroxylation is 2. The van der Waals surface area contributed by atoms with E-state index in [1.807, 2.05) is 12.1 Å². The predicted octanol–water partition coefficient (Wildman–Crippen LogP) is 2.95. The Bertz CT molecular complexity index is 554. The summed E-state index contributed by atoms with van der Waals surface area (Å²) in [6, 6.07) is 5.91. The fourth-order valence-electron chi connectivity index (χ4n) is 2.37. The zero-order valence-electron chi connectivity index (χ0n) is 10.7. The van der Waals surface area contributed by atoms with Gasteiger partial charge in [-0.25, -0.2) is 0 Å². The first-order valence-electron chi connectivity index (χ1n) is 6.61. The lowest BCUT2D eigenvalue weighted by Crippen LogP contribution is -2.21. The highest BCUT2D eigenvalue weighted by atomic mass is 32.1. The van der Waals surface area contributed by atoms with E-state index in [0.29, 0.717) is 6.54 Å². The molecule has 4 heteroatoms. The second-order valence-electron chi connectivity index (χ2n) is 4.81. The van der Waals surface area contributed by atoms with Crippen LogP contribution in [0.2, 0.25) is 0 Å². The van der Waals surface area contributed by atoms with Gasteiger partial charge in [-0.3, -0.25) is 9.78 Å². The predicted molar refractivity (Wildman–Crippen MR) is 76.4 cm³/mol. The second kappa shape index (κ2) is 5.53. The molecule has 0 spiro atoms. The number of thiophene rings is 1. The number of amides is 1. The van der Waals surface area contributed by atoms with E-state index in [-0.39, 0.29) is 5.91 Å². The Kier molecular flexibility index (Phi) is 3.60. The Morgan fingerprint density at radius 2 is 2.26 bits per heavy atom. The maximum Gasteiger partial charge on any atom is 0.261 e. The number of pyridine rings is 1. The van der Waals surface area contributed by atoms with E-state index >= 15 is 0 Å². The van der Waals surface area contributed by atoms with Crippen molar-refractivity contribution in [1.29, 1.82) is 0 Å². The molecule has 1 amide bonds. The van der Waals surface area contributed by atoms with Crippen LogP contribution in [0.1, 0.15) is 38.5 Å². The summed E-state index contributed by atoms with van der Waals surface area (Å²) < 4.78 is 0. The van der Waals surface area contributed by atoms with Gasteiger partial charge in [0.15, 0.2) is 0 Å². The van der Waals surface area contributed by atoms with Gasteiger partial charge in [0.1, 0.15) is 0 Å². The molecular formula is C15H16N2OS. The van der Waals surface area contributed by atoms with Gasteiger partial charge in [0, 0.05) is 23.8 Å². The summed E-state index contributed by atoms with van der Waals surface area (Å²) in [5.74, 6) is 0.0308. The number of hydrogen-bond donors (Lipinski definition) is 1. The minimum absolute atomic E-state index is 0.0308. The minimum atomic E-state index is 0.0308. The van der Waals surface area contributed by atoms with Crippen LogP contribution in [-0.2, 0) is 19.4 Å². The van der Waals surface area contributed by atoms with Gasteiger partial charge in [-0.1, -0.05) is 6.07 Å². The monoisotopic (exact) mass is 272 g/mol. The van der Waals surface area contributed by atoms with Crippen LogP contribution in [0.5, 0.6) is 0 Å². The van der Waals surface area contributed by atoms with Gasteiger partial charge in [0.25, 0.3) is 5.91 Å². The Morgan fingerprint density at radius 3 is 3.05 bits per heavy atom. The molecule has 2 aromatic rings. The van der Waals surface area contributed by atoms with Crippen LogP contribution in [0, 0.1) is 0 Å². The highest BCUT2D eigenvalue weighted by Gasteiger charge is 2.16. The number of fused-ring (bicyclic) bond motifs is 1. The molecule has 2 aromatic heterocycles. The molecule has 1 aliphatic carbocycles. The lowest BCUT2D eigenvalue weighted by Gasteiger charge is -2.08. The lowest BCUT2D eigenvalue weighted by atomic mass is 9.99. The van der Waals surface area contributed by atoms with Crippen molar-refractivity contribution in [2.24, 2.45) is 0 Å². The fraction of sp³-hybridized carbons (Fsp3) is 0.333. The number of nitrogens with one attached hydrogen (secondary N) is 1. The quantitative estimate of drug-likeness (QED) is 0.933. The topological polar surface area (TPSA) is 42.0 Å². The molecule has 0 radical (unpaired) electrons. The summed E-state index contributed by atoms with van der Waals surface area (Å²) in [5, 5.41) is 2.96. The van der Waals surface area contributed by atoms with Crippen molar-refractivity contribution < 1.29 is 4.79 Å². The van der Waals surface area contributed by atoms with Crippen molar-refractivity contribution in [3.63, 3.8) is 0 Å². The van der Waals surface area contributed by atoms with Gasteiger partial charge in [-0.05, 0) is 48.9 Å². The first-order valence-corrected chi connectivity index (χ1v) is 7.43. The van der Waals surface area contributed by atoms with Crippen molar-refractivity contribution in [2.75, 3.05) is 0 Å². The zero-order chi connectivity index (χ0) is 13.1. The average Bonchev–Trinajstić information content (AvgIpc) is 2.90. The molecule has 3 rings (SSSR count). The maximum atomic E-state index is 12.1. The number of nitrogens with zero attached hydrogens (tertiary/aromatic N) is 1. The molecule has 0 aromatic carbocycles. The van der Waals surface area contributed by atoms with E-state index < -0.39 is 0 Å². The third-order valence-corrected chi connectivity index (χ3v) is 4.63. The van der Waals surface area contributed by atoms with Crippen LogP contribution < -0.4 is 5.32 Å². The molecule has 0 saturated heterocycles. The Hall–Kier alpha value is -1.68. The maximum absolute atomic E-state index is 12.1. The molecule has 1 aliphatic rings. The summed E-state index contributed by atoms with van der Waals surface area (Å²) in [6.45, 7) is 0.537. The van der Waals surface area contributed by atoms with Gasteiger partial charge in [0.05, 0.1) is 4.88 Å². The summed E-state index contributed by atoms with van der Waals surface area (Å²) in [7, 11) is 0. The second-order valence-corrected chi connectivity index (χ2v) is 5.95. The summed E-state index contributed by atoms with van der Waals surface area (Å²) in [5.41, 5.74) is 2.40. The average molecular weight is 272 g/mol. The first kappa shape index (κ1) is 12.4. The van der Waals surface area contributed by atoms with Crippen molar-refractivity contribution in [2.45, 2.75) is 32.2 Å². The van der Waals surface area contributed by atoms with Gasteiger partial charge >= 0.3 is 0 Å². The molecule has 0 atom stereocenters. The molecule has 2 heterocycles. The van der Waals surface area contributed by atoms with Crippen molar-refractivity contribution in [3.8, 4) is 0 Å². The molecule has 0 bridgehead atoms. The molecule has 0 unspecified atom stereocenters. The summed E-state index contributed by atoms with van der Waals surface area (Å²) in [6.07, 6.45) is 8.28. The molecular weight excluding hydrogens is 256 g/mol. The van der Waals surface area contributed by atoms with E-state index in [1.165, 1.54) is 23.3 Å². The zero-order valence-corrected chi connectivity index (χ0v) is 11.5. The number of hydrogen-bond acceptors (Lipinski definition) is 3. The number of rotatable bonds is 3. The Labute approximate surface area is 116 Å². The van der Waals surface area contributed by atoms with Crippen LogP contribution in [0.3, 0.4) is 0 Å². The van der Waals surface area contributed by atoms with Crippen LogP contribution in [0.25, 0.3) is 0 Å². The van der Waals surface area contributed by atoms with E-state index in [4.69, 9.17) is 0 Å². The molecule has 0 fully saturated rings. The molecule has 19 heavy (non-hydrogen) atoms. The highest BCUT2D eigenvalue weighted by Crippen LogP contribution is 2.29. The van der Waals surface area contributed by atoms with Crippen LogP contribution in [0.15, 0.2) is 30.6 Å². The Balaban J connectivity index is 1.65. The number of carbonyl (C=O) groups is 1. The molecule has 98 valence electrons. The van der Waals surface area contributed by atoms with Gasteiger partial charge in [0.2, 0.25) is 0 Å². The third-order valence-electron chi connectivity index (χ3n) is 3.40. The minimum Gasteiger partial charge on any atom is -0.347 e. The summed E-state index contributed by atoms with van der Waals surface area (Å²) >= 11 is 1.65. The molecule has 0 saturated carbocycles. The number of carbonyl (C=O) groups excluding carboxylic acids is 1. The van der Waals surface area contributed by atoms with E-state index in [9.17, 15) is 4.79 Å². The standard InChI is InChI=1S/C15H16N2OS/c18-15(17-10-11-4-3-7-16-9-11)14-8-12-5-1-2-6-13(12)19-14/h3-4,7-9H,1-2,5-6,10H2,(H,17,18). The van der Waals surface area contributed by atoms with Crippen LogP contribution in [-0.4, -0.2) is 10.9 Å². The number of aromatic nitrogens is 1. The summed E-state index contributed by atoms with van der Waals surface area (Å²) in [4.78, 5) is 18.4. The smallest absolute Gasteiger partial charge is 0.261 e. The molecule has 3 nitrogen and oxygen atoms in total. The first-order chi connectivity index (χ1) is 9.33. The van der Waals surface area contributed by atoms with Crippen LogP contribution in [0.4, 0.5) is 0 Å². The Morgan fingerprint density at radius 1 is 1.37 bits per heavy atom. The van der Waals surface area contributed by atoms with Gasteiger partial charge < -0.3 is 5.32 Å². The van der Waals surface area contributed by atoms with E-state index in [1.54, 1.807) is 23.7 Å². The fourth-order valence-corrected chi connectivity index (χ4v) is 3.54. The van der Waals surface area contributed by atoms with E-state index in [2.05, 4.69) is 16.4 Å². The van der Waals surface area contributed by atoms with Crippen LogP contribution >= 0.6 is 11.3 Å². The molecule has 0 aliphatic heterocycles. The molecule has 1 N–H and O–H groups in total. The van der Waals surface area contributed by atoms with Crippen molar-refractivity contribution in [3.05, 3.63) is 51.5 Å².